The van der Waals surface area contributed by atoms with Gasteiger partial charge in [0.1, 0.15) is 5.75 Å². The molecular weight excluding hydrogens is 304 g/mol. The lowest BCUT2D eigenvalue weighted by Gasteiger charge is -2.30. The summed E-state index contributed by atoms with van der Waals surface area (Å²) in [5.74, 6) is 1.05. The lowest BCUT2D eigenvalue weighted by Crippen LogP contribution is -2.38. The van der Waals surface area contributed by atoms with Crippen LogP contribution in [-0.4, -0.2) is 27.9 Å². The molecule has 2 heterocycles. The number of aryl methyl sites for hydroxylation is 2. The van der Waals surface area contributed by atoms with Crippen LogP contribution in [0.5, 0.6) is 5.75 Å². The van der Waals surface area contributed by atoms with Gasteiger partial charge in [-0.3, -0.25) is 4.79 Å². The van der Waals surface area contributed by atoms with Crippen LogP contribution >= 0.6 is 0 Å². The minimum atomic E-state index is -0.0248. The van der Waals surface area contributed by atoms with E-state index < -0.39 is 0 Å². The van der Waals surface area contributed by atoms with E-state index in [1.54, 1.807) is 0 Å². The lowest BCUT2D eigenvalue weighted by molar-refractivity contribution is -0.126. The Morgan fingerprint density at radius 1 is 1.33 bits per heavy atom. The van der Waals surface area contributed by atoms with E-state index >= 15 is 0 Å². The van der Waals surface area contributed by atoms with E-state index in [2.05, 4.69) is 39.8 Å². The smallest absolute Gasteiger partial charge is 0.224 e. The number of nitrogens with one attached hydrogen (secondary N) is 2. The van der Waals surface area contributed by atoms with Gasteiger partial charge in [0.15, 0.2) is 0 Å². The van der Waals surface area contributed by atoms with Crippen molar-refractivity contribution in [2.75, 3.05) is 6.61 Å². The van der Waals surface area contributed by atoms with Crippen LogP contribution in [0.25, 0.3) is 0 Å². The fraction of sp³-hybridized carbons (Fsp3) is 0.500. The second-order valence-corrected chi connectivity index (χ2v) is 6.54. The van der Waals surface area contributed by atoms with Crippen molar-refractivity contribution >= 4 is 5.91 Å². The first-order valence-corrected chi connectivity index (χ1v) is 8.69. The van der Waals surface area contributed by atoms with Crippen molar-refractivity contribution in [2.24, 2.45) is 5.92 Å². The second kappa shape index (κ2) is 6.26. The quantitative estimate of drug-likeness (QED) is 0.905. The molecule has 1 amide bonds. The number of nitrogens with zero attached hydrogens (tertiary/aromatic N) is 2. The Bertz CT molecular complexity index is 755. The normalized spacial score (nSPS) is 22.2. The van der Waals surface area contributed by atoms with Gasteiger partial charge in [-0.25, -0.2) is 0 Å². The topological polar surface area (TPSA) is 79.9 Å². The molecule has 24 heavy (non-hydrogen) atoms. The van der Waals surface area contributed by atoms with Crippen LogP contribution in [-0.2, 0) is 24.1 Å². The summed E-state index contributed by atoms with van der Waals surface area (Å²) in [4.78, 5) is 12.8. The molecule has 0 saturated heterocycles. The molecule has 1 aromatic heterocycles. The first kappa shape index (κ1) is 15.2. The molecule has 1 aliphatic carbocycles. The third-order valence-electron chi connectivity index (χ3n) is 5.10. The Hall–Kier alpha value is -2.37. The molecule has 2 N–H and O–H groups in total. The molecule has 0 saturated carbocycles. The summed E-state index contributed by atoms with van der Waals surface area (Å²) in [5.41, 5.74) is 4.24. The molecule has 1 aromatic carbocycles. The van der Waals surface area contributed by atoms with Gasteiger partial charge < -0.3 is 10.1 Å². The molecule has 1 aliphatic heterocycles. The summed E-state index contributed by atoms with van der Waals surface area (Å²) < 4.78 is 5.87. The number of fused-ring (bicyclic) bond motifs is 2. The molecule has 2 aliphatic rings. The van der Waals surface area contributed by atoms with Crippen LogP contribution in [0.4, 0.5) is 0 Å². The fourth-order valence-electron chi connectivity index (χ4n) is 3.72. The van der Waals surface area contributed by atoms with Crippen molar-refractivity contribution in [3.8, 4) is 5.75 Å². The molecule has 0 radical (unpaired) electrons. The number of aromatic nitrogens is 3. The maximum absolute atomic E-state index is 12.8. The number of aromatic amines is 1. The number of ether oxygens (including phenoxy) is 1. The van der Waals surface area contributed by atoms with Crippen molar-refractivity contribution in [3.05, 3.63) is 40.7 Å². The zero-order chi connectivity index (χ0) is 16.5. The molecule has 0 bridgehead atoms. The number of rotatable bonds is 3. The molecule has 0 spiro atoms. The molecule has 2 aromatic rings. The number of para-hydroxylation sites is 1. The van der Waals surface area contributed by atoms with Gasteiger partial charge in [-0.2, -0.15) is 15.4 Å². The predicted molar refractivity (Wildman–Crippen MR) is 88.7 cm³/mol. The van der Waals surface area contributed by atoms with Crippen LogP contribution < -0.4 is 10.1 Å². The first-order chi connectivity index (χ1) is 11.8. The number of amides is 1. The van der Waals surface area contributed by atoms with E-state index in [9.17, 15) is 4.79 Å². The zero-order valence-corrected chi connectivity index (χ0v) is 13.8. The molecule has 6 nitrogen and oxygen atoms in total. The SMILES string of the molecule is CCc1cccc2c1OCC[C@H]2NC(=O)[C@H]1CCc2n[nH]nc2C1. The van der Waals surface area contributed by atoms with Gasteiger partial charge in [0.2, 0.25) is 5.91 Å². The Morgan fingerprint density at radius 3 is 3.08 bits per heavy atom. The number of H-pyrrole nitrogens is 1. The number of carbonyl (C=O) groups excluding carboxylic acids is 1. The zero-order valence-electron chi connectivity index (χ0n) is 13.8. The monoisotopic (exact) mass is 326 g/mol. The van der Waals surface area contributed by atoms with Crippen molar-refractivity contribution < 1.29 is 9.53 Å². The number of benzene rings is 1. The Morgan fingerprint density at radius 2 is 2.21 bits per heavy atom. The van der Waals surface area contributed by atoms with Crippen molar-refractivity contribution in [1.29, 1.82) is 0 Å². The summed E-state index contributed by atoms with van der Waals surface area (Å²) >= 11 is 0. The number of hydrogen-bond acceptors (Lipinski definition) is 4. The van der Waals surface area contributed by atoms with Gasteiger partial charge >= 0.3 is 0 Å². The number of carbonyl (C=O) groups is 1. The Labute approximate surface area is 141 Å². The third kappa shape index (κ3) is 2.66. The van der Waals surface area contributed by atoms with Gasteiger partial charge in [0, 0.05) is 24.3 Å². The summed E-state index contributed by atoms with van der Waals surface area (Å²) in [6, 6.07) is 6.24. The highest BCUT2D eigenvalue weighted by Gasteiger charge is 2.30. The molecular formula is C18H22N4O2. The highest BCUT2D eigenvalue weighted by atomic mass is 16.5. The Kier molecular flexibility index (Phi) is 3.96. The van der Waals surface area contributed by atoms with E-state index in [1.165, 1.54) is 5.56 Å². The number of hydrogen-bond donors (Lipinski definition) is 2. The fourth-order valence-corrected chi connectivity index (χ4v) is 3.72. The van der Waals surface area contributed by atoms with E-state index in [1.807, 2.05) is 6.07 Å². The third-order valence-corrected chi connectivity index (χ3v) is 5.10. The van der Waals surface area contributed by atoms with Crippen molar-refractivity contribution in [2.45, 2.75) is 45.1 Å². The largest absolute Gasteiger partial charge is 0.493 e. The molecule has 6 heteroatoms. The van der Waals surface area contributed by atoms with E-state index in [0.29, 0.717) is 13.0 Å². The van der Waals surface area contributed by atoms with Gasteiger partial charge in [-0.05, 0) is 24.8 Å². The highest BCUT2D eigenvalue weighted by Crippen LogP contribution is 2.35. The van der Waals surface area contributed by atoms with Crippen LogP contribution in [0, 0.1) is 5.92 Å². The summed E-state index contributed by atoms with van der Waals surface area (Å²) in [6.07, 6.45) is 4.06. The van der Waals surface area contributed by atoms with Crippen molar-refractivity contribution in [3.63, 3.8) is 0 Å². The van der Waals surface area contributed by atoms with Crippen molar-refractivity contribution in [1.82, 2.24) is 20.7 Å². The van der Waals surface area contributed by atoms with Crippen LogP contribution in [0.3, 0.4) is 0 Å². The molecule has 4 rings (SSSR count). The van der Waals surface area contributed by atoms with Crippen LogP contribution in [0.15, 0.2) is 18.2 Å². The Balaban J connectivity index is 1.50. The van der Waals surface area contributed by atoms with Crippen LogP contribution in [0.2, 0.25) is 0 Å². The second-order valence-electron chi connectivity index (χ2n) is 6.54. The highest BCUT2D eigenvalue weighted by molar-refractivity contribution is 5.80. The maximum atomic E-state index is 12.8. The van der Waals surface area contributed by atoms with Gasteiger partial charge in [-0.15, -0.1) is 0 Å². The molecule has 2 atom stereocenters. The average Bonchev–Trinajstić information content (AvgIpc) is 3.09. The average molecular weight is 326 g/mol. The lowest BCUT2D eigenvalue weighted by atomic mass is 9.88. The summed E-state index contributed by atoms with van der Waals surface area (Å²) in [7, 11) is 0. The molecule has 0 unspecified atom stereocenters. The summed E-state index contributed by atoms with van der Waals surface area (Å²) in [5, 5.41) is 14.2. The van der Waals surface area contributed by atoms with Crippen LogP contribution in [0.1, 0.15) is 48.3 Å². The van der Waals surface area contributed by atoms with E-state index in [0.717, 1.165) is 48.4 Å². The van der Waals surface area contributed by atoms with E-state index in [4.69, 9.17) is 4.74 Å². The van der Waals surface area contributed by atoms with Gasteiger partial charge in [0.05, 0.1) is 24.0 Å². The summed E-state index contributed by atoms with van der Waals surface area (Å²) in [6.45, 7) is 2.77. The first-order valence-electron chi connectivity index (χ1n) is 8.69. The molecule has 126 valence electrons. The standard InChI is InChI=1S/C18H22N4O2/c1-2-11-4-3-5-13-14(8-9-24-17(11)13)19-18(23)12-6-7-15-16(10-12)21-22-20-15/h3-5,12,14H,2,6-10H2,1H3,(H,19,23)(H,20,21,22)/t12-,14+/m0/s1. The minimum Gasteiger partial charge on any atom is -0.493 e. The minimum absolute atomic E-state index is 0.0248. The molecule has 0 fully saturated rings. The van der Waals surface area contributed by atoms with Gasteiger partial charge in [-0.1, -0.05) is 25.1 Å². The maximum Gasteiger partial charge on any atom is 0.224 e. The van der Waals surface area contributed by atoms with Gasteiger partial charge in [0.25, 0.3) is 0 Å². The predicted octanol–water partition coefficient (Wildman–Crippen LogP) is 2.11. The van der Waals surface area contributed by atoms with E-state index in [-0.39, 0.29) is 17.9 Å².